The van der Waals surface area contributed by atoms with Gasteiger partial charge in [-0.1, -0.05) is 21.3 Å². The van der Waals surface area contributed by atoms with Gasteiger partial charge in [0.2, 0.25) is 0 Å². The van der Waals surface area contributed by atoms with Gasteiger partial charge in [0.15, 0.2) is 11.6 Å². The van der Waals surface area contributed by atoms with E-state index >= 15 is 0 Å². The Bertz CT molecular complexity index is 562. The van der Waals surface area contributed by atoms with Crippen LogP contribution in [0.3, 0.4) is 0 Å². The molecule has 0 amide bonds. The van der Waals surface area contributed by atoms with Crippen LogP contribution in [0.4, 0.5) is 0 Å². The number of aliphatic hydroxyl groups excluding tert-OH is 2. The number of piperidine rings is 2. The van der Waals surface area contributed by atoms with Crippen LogP contribution in [-0.2, 0) is 18.9 Å². The van der Waals surface area contributed by atoms with Crippen LogP contribution >= 0.6 is 0 Å². The summed E-state index contributed by atoms with van der Waals surface area (Å²) in [4.78, 5) is 4.53. The van der Waals surface area contributed by atoms with E-state index in [2.05, 4.69) is 23.6 Å². The van der Waals surface area contributed by atoms with Gasteiger partial charge in [-0.3, -0.25) is 9.80 Å². The number of β-amino-alcohol motifs (C(OH)–C–C–N with tert-alkyl or cyclic N) is 2. The Kier molecular flexibility index (Phi) is 9.78. The fourth-order valence-corrected chi connectivity index (χ4v) is 5.70. The molecule has 196 valence electrons. The first-order valence-corrected chi connectivity index (χ1v) is 12.3. The monoisotopic (exact) mass is 474 g/mol. The van der Waals surface area contributed by atoms with Crippen LogP contribution in [0.25, 0.3) is 0 Å². The second kappa shape index (κ2) is 11.2. The highest BCUT2D eigenvalue weighted by Crippen LogP contribution is 2.36. The van der Waals surface area contributed by atoms with Gasteiger partial charge >= 0.3 is 0 Å². The van der Waals surface area contributed by atoms with Gasteiger partial charge in [-0.25, -0.2) is 0 Å². The van der Waals surface area contributed by atoms with Gasteiger partial charge in [0.1, 0.15) is 12.2 Å². The molecule has 0 aromatic heterocycles. The summed E-state index contributed by atoms with van der Waals surface area (Å²) >= 11 is 0. The third kappa shape index (κ3) is 7.84. The number of nitrogens with zero attached hydrogens (tertiary/aromatic N) is 2. The maximum Gasteiger partial charge on any atom is 0.163 e. The summed E-state index contributed by atoms with van der Waals surface area (Å²) in [6, 6.07) is 0. The van der Waals surface area contributed by atoms with E-state index in [1.54, 1.807) is 0 Å². The second-order valence-electron chi connectivity index (χ2n) is 11.4. The molecule has 0 aromatic rings. The van der Waals surface area contributed by atoms with Crippen LogP contribution in [0.1, 0.15) is 62.8 Å². The fraction of sp³-hybridized carbons (Fsp3) is 1.00. The van der Waals surface area contributed by atoms with Crippen molar-refractivity contribution in [3.8, 4) is 0 Å². The molecule has 0 aliphatic carbocycles. The average Bonchev–Trinajstić information content (AvgIpc) is 3.08. The van der Waals surface area contributed by atoms with Gasteiger partial charge in [0, 0.05) is 39.3 Å². The maximum atomic E-state index is 9.42. The van der Waals surface area contributed by atoms with Crippen LogP contribution < -0.4 is 0 Å². The van der Waals surface area contributed by atoms with Gasteiger partial charge in [-0.2, -0.15) is 0 Å². The number of hydrogen-bond acceptors (Lipinski definition) is 8. The lowest BCUT2D eigenvalue weighted by molar-refractivity contribution is -0.148. The van der Waals surface area contributed by atoms with Crippen molar-refractivity contribution < 1.29 is 29.2 Å². The van der Waals surface area contributed by atoms with Crippen molar-refractivity contribution >= 4 is 0 Å². The van der Waals surface area contributed by atoms with E-state index in [1.807, 2.05) is 41.5 Å². The standard InChI is InChI=1S/2C12H23NO3.CH4/c2*1-8-5-13(6-9(2)14)7-10-11(8)16-12(3,4)15-10;/h2*8-11,14H,5-7H2,1-4H3;1H4/t8-,9+,10-,11+;8-,9-,10-,11+;/m01./s1. The van der Waals surface area contributed by atoms with E-state index in [-0.39, 0.29) is 44.1 Å². The highest BCUT2D eigenvalue weighted by molar-refractivity contribution is 4.93. The molecule has 0 saturated carbocycles. The molecule has 2 N–H and O–H groups in total. The normalized spacial score (nSPS) is 39.5. The number of likely N-dealkylation sites (tertiary alicyclic amines) is 2. The molecule has 4 rings (SSSR count). The lowest BCUT2D eigenvalue weighted by Gasteiger charge is -2.37. The highest BCUT2D eigenvalue weighted by atomic mass is 16.8. The van der Waals surface area contributed by atoms with Crippen LogP contribution in [-0.4, -0.2) is 107 Å². The first kappa shape index (κ1) is 28.9. The molecule has 4 heterocycles. The summed E-state index contributed by atoms with van der Waals surface area (Å²) in [5.41, 5.74) is 0. The average molecular weight is 475 g/mol. The predicted molar refractivity (Wildman–Crippen MR) is 129 cm³/mol. The largest absolute Gasteiger partial charge is 0.392 e. The quantitative estimate of drug-likeness (QED) is 0.642. The minimum Gasteiger partial charge on any atom is -0.392 e. The Hall–Kier alpha value is -0.320. The lowest BCUT2D eigenvalue weighted by atomic mass is 9.94. The molecule has 0 spiro atoms. The number of hydrogen-bond donors (Lipinski definition) is 2. The minimum absolute atomic E-state index is 0. The molecule has 0 aromatic carbocycles. The Morgan fingerprint density at radius 1 is 0.697 bits per heavy atom. The lowest BCUT2D eigenvalue weighted by Crippen LogP contribution is -2.51. The van der Waals surface area contributed by atoms with Gasteiger partial charge in [-0.15, -0.1) is 0 Å². The van der Waals surface area contributed by atoms with Crippen molar-refractivity contribution in [3.63, 3.8) is 0 Å². The molecule has 0 bridgehead atoms. The third-order valence-electron chi connectivity index (χ3n) is 6.58. The van der Waals surface area contributed by atoms with Gasteiger partial charge < -0.3 is 29.2 Å². The third-order valence-corrected chi connectivity index (χ3v) is 6.58. The zero-order chi connectivity index (χ0) is 23.8. The molecule has 4 aliphatic rings. The number of ether oxygens (including phenoxy) is 4. The molecule has 33 heavy (non-hydrogen) atoms. The van der Waals surface area contributed by atoms with Crippen molar-refractivity contribution in [2.45, 2.75) is 111 Å². The van der Waals surface area contributed by atoms with Gasteiger partial charge in [0.25, 0.3) is 0 Å². The Labute approximate surface area is 201 Å². The van der Waals surface area contributed by atoms with E-state index in [1.165, 1.54) is 0 Å². The smallest absolute Gasteiger partial charge is 0.163 e. The molecule has 0 radical (unpaired) electrons. The van der Waals surface area contributed by atoms with Crippen molar-refractivity contribution in [1.29, 1.82) is 0 Å². The Morgan fingerprint density at radius 2 is 1.03 bits per heavy atom. The minimum atomic E-state index is -0.454. The maximum absolute atomic E-state index is 9.42. The summed E-state index contributed by atoms with van der Waals surface area (Å²) in [7, 11) is 0. The SMILES string of the molecule is C.C[C@@H](O)CN1C[C@@H]2OC(C)(C)O[C@@H]2[C@@H](C)C1.C[C@@H]1CN(C[C@@H](C)O)C[C@H]2OC(C)(C)O[C@@H]12. The van der Waals surface area contributed by atoms with E-state index in [0.29, 0.717) is 11.8 Å². The summed E-state index contributed by atoms with van der Waals surface area (Å²) < 4.78 is 23.6. The molecule has 0 unspecified atom stereocenters. The van der Waals surface area contributed by atoms with Gasteiger partial charge in [-0.05, 0) is 53.4 Å². The van der Waals surface area contributed by atoms with E-state index < -0.39 is 11.6 Å². The number of aliphatic hydroxyl groups is 2. The van der Waals surface area contributed by atoms with Crippen molar-refractivity contribution in [3.05, 3.63) is 0 Å². The molecule has 8 atom stereocenters. The van der Waals surface area contributed by atoms with Crippen molar-refractivity contribution in [1.82, 2.24) is 9.80 Å². The van der Waals surface area contributed by atoms with Crippen LogP contribution in [0.15, 0.2) is 0 Å². The predicted octanol–water partition coefficient (Wildman–Crippen LogP) is 2.31. The first-order valence-electron chi connectivity index (χ1n) is 12.3. The summed E-state index contributed by atoms with van der Waals surface area (Å²) in [6.07, 6.45) is 0.161. The topological polar surface area (TPSA) is 83.9 Å². The molecule has 8 nitrogen and oxygen atoms in total. The zero-order valence-corrected chi connectivity index (χ0v) is 21.3. The molecular formula is C25H50N2O6. The number of rotatable bonds is 4. The van der Waals surface area contributed by atoms with E-state index in [9.17, 15) is 10.2 Å². The molecule has 4 aliphatic heterocycles. The van der Waals surface area contributed by atoms with Gasteiger partial charge in [0.05, 0.1) is 24.4 Å². The Balaban J connectivity index is 0.000000227. The van der Waals surface area contributed by atoms with E-state index in [4.69, 9.17) is 18.9 Å². The first-order chi connectivity index (χ1) is 14.7. The van der Waals surface area contributed by atoms with Crippen molar-refractivity contribution in [2.24, 2.45) is 11.8 Å². The molecule has 4 saturated heterocycles. The summed E-state index contributed by atoms with van der Waals surface area (Å²) in [6.45, 7) is 21.0. The molecule has 8 heteroatoms. The van der Waals surface area contributed by atoms with E-state index in [0.717, 1.165) is 39.3 Å². The second-order valence-corrected chi connectivity index (χ2v) is 11.4. The van der Waals surface area contributed by atoms with Crippen LogP contribution in [0.5, 0.6) is 0 Å². The summed E-state index contributed by atoms with van der Waals surface area (Å²) in [5, 5.41) is 18.8. The van der Waals surface area contributed by atoms with Crippen molar-refractivity contribution in [2.75, 3.05) is 39.3 Å². The fourth-order valence-electron chi connectivity index (χ4n) is 5.70. The van der Waals surface area contributed by atoms with Crippen LogP contribution in [0, 0.1) is 11.8 Å². The molecule has 4 fully saturated rings. The zero-order valence-electron chi connectivity index (χ0n) is 21.3. The molecular weight excluding hydrogens is 424 g/mol. The highest BCUT2D eigenvalue weighted by Gasteiger charge is 2.48. The van der Waals surface area contributed by atoms with Crippen LogP contribution in [0.2, 0.25) is 0 Å². The Morgan fingerprint density at radius 3 is 1.33 bits per heavy atom. The summed E-state index contributed by atoms with van der Waals surface area (Å²) in [5.74, 6) is 0.00746. The number of fused-ring (bicyclic) bond motifs is 2.